The standard InChI is InChI=1S/C29H19N3O17S5/c33-27(12-4-3-5-13(8-12)51(38,39)40)25-22-14-6-1-2-7-15(14)28(34)23-18(10-21(54(47,48)49)26(24(22)23)31-29(25)35)30-16-9-17(32-50(36)37)20(53(44,45)46)11-19(16)52(41,42)43/h1-11,30,32-33H,(H,36,37)(H,38,39,40)(H,41,42,43)(H,44,45,46)(H,47,48,49)/p-1. The number of aliphatic hydroxyl groups is 1. The minimum atomic E-state index is -5.53. The highest BCUT2D eigenvalue weighted by Crippen LogP contribution is 2.37. The van der Waals surface area contributed by atoms with Crippen LogP contribution in [-0.4, -0.2) is 70.7 Å². The summed E-state index contributed by atoms with van der Waals surface area (Å²) in [4.78, 5) is 27.0. The molecule has 1 atom stereocenters. The van der Waals surface area contributed by atoms with Gasteiger partial charge in [-0.2, -0.15) is 33.7 Å². The molecule has 0 bridgehead atoms. The Hall–Kier alpha value is -5.22. The van der Waals surface area contributed by atoms with E-state index >= 15 is 0 Å². The normalized spacial score (nSPS) is 14.0. The Morgan fingerprint density at radius 2 is 1.26 bits per heavy atom. The van der Waals surface area contributed by atoms with Gasteiger partial charge in [0.1, 0.15) is 20.4 Å². The zero-order valence-electron chi connectivity index (χ0n) is 26.0. The summed E-state index contributed by atoms with van der Waals surface area (Å²) in [6, 6.07) is 10.2. The monoisotopic (exact) mass is 840 g/mol. The van der Waals surface area contributed by atoms with Crippen LogP contribution in [0.4, 0.5) is 17.1 Å². The lowest BCUT2D eigenvalue weighted by Gasteiger charge is -2.19. The Morgan fingerprint density at radius 1 is 0.667 bits per heavy atom. The van der Waals surface area contributed by atoms with Crippen molar-refractivity contribution < 1.29 is 65.8 Å². The van der Waals surface area contributed by atoms with Gasteiger partial charge in [0.25, 0.3) is 46.0 Å². The minimum Gasteiger partial charge on any atom is -0.755 e. The molecule has 0 spiro atoms. The molecular weight excluding hydrogens is 823 g/mol. The fourth-order valence-corrected chi connectivity index (χ4v) is 8.78. The predicted molar refractivity (Wildman–Crippen MR) is 187 cm³/mol. The third-order valence-corrected chi connectivity index (χ3v) is 11.8. The van der Waals surface area contributed by atoms with Crippen molar-refractivity contribution in [3.8, 4) is 0 Å². The highest BCUT2D eigenvalue weighted by atomic mass is 32.2. The Balaban J connectivity index is 1.90. The molecule has 0 fully saturated rings. The van der Waals surface area contributed by atoms with E-state index in [2.05, 4.69) is 10.3 Å². The lowest BCUT2D eigenvalue weighted by atomic mass is 9.96. The van der Waals surface area contributed by atoms with E-state index in [9.17, 15) is 75.3 Å². The molecule has 1 heterocycles. The van der Waals surface area contributed by atoms with Crippen LogP contribution in [0.5, 0.6) is 0 Å². The molecule has 1 aliphatic carbocycles. The second-order valence-corrected chi connectivity index (χ2v) is 17.4. The Kier molecular flexibility index (Phi) is 9.25. The number of anilines is 3. The second-order valence-electron chi connectivity index (χ2n) is 11.1. The van der Waals surface area contributed by atoms with Gasteiger partial charge in [-0.3, -0.25) is 32.0 Å². The molecule has 282 valence electrons. The number of aliphatic hydroxyl groups excluding tert-OH is 1. The summed E-state index contributed by atoms with van der Waals surface area (Å²) in [5.41, 5.74) is -6.34. The van der Waals surface area contributed by atoms with Crippen LogP contribution in [0, 0.1) is 10.4 Å². The van der Waals surface area contributed by atoms with Crippen molar-refractivity contribution in [2.75, 3.05) is 10.0 Å². The smallest absolute Gasteiger partial charge is 0.296 e. The quantitative estimate of drug-likeness (QED) is 0.0775. The maximum atomic E-state index is 14.2. The van der Waals surface area contributed by atoms with Gasteiger partial charge in [0.05, 0.1) is 38.1 Å². The molecule has 0 saturated heterocycles. The van der Waals surface area contributed by atoms with Gasteiger partial charge in [0.15, 0.2) is 5.43 Å². The van der Waals surface area contributed by atoms with Crippen molar-refractivity contribution in [2.45, 2.75) is 19.6 Å². The molecule has 1 unspecified atom stereocenters. The molecule has 4 aromatic rings. The van der Waals surface area contributed by atoms with E-state index in [0.29, 0.717) is 12.1 Å². The van der Waals surface area contributed by atoms with Crippen LogP contribution in [0.15, 0.2) is 95.9 Å². The van der Waals surface area contributed by atoms with Crippen molar-refractivity contribution in [3.05, 3.63) is 109 Å². The van der Waals surface area contributed by atoms with Gasteiger partial charge in [-0.15, -0.1) is 0 Å². The average molecular weight is 841 g/mol. The van der Waals surface area contributed by atoms with E-state index in [-0.39, 0.29) is 16.8 Å². The third kappa shape index (κ3) is 6.83. The Bertz CT molecular complexity index is 3360. The van der Waals surface area contributed by atoms with Crippen molar-refractivity contribution in [1.29, 1.82) is 0 Å². The summed E-state index contributed by atoms with van der Waals surface area (Å²) in [6.45, 7) is 0. The lowest BCUT2D eigenvalue weighted by molar-refractivity contribution is 0.478. The maximum absolute atomic E-state index is 14.2. The summed E-state index contributed by atoms with van der Waals surface area (Å²) in [5, 5.41) is 11.1. The van der Waals surface area contributed by atoms with Gasteiger partial charge in [0, 0.05) is 32.7 Å². The maximum Gasteiger partial charge on any atom is 0.296 e. The SMILES string of the molecule is O=c1nc2c(S(=O)(=O)O)cc(Nc3cc(NS(=O)[O-])c(S(=O)(=O)O)cc3S(=O)(=O)O)c3c2=c(c1=C(O)c1cccc(S(=O)(=O)O)c1)c1ccccc1c3=O. The first-order valence-electron chi connectivity index (χ1n) is 14.1. The van der Waals surface area contributed by atoms with Gasteiger partial charge in [-0.05, 0) is 35.7 Å². The summed E-state index contributed by atoms with van der Waals surface area (Å²) < 4.78 is 162. The van der Waals surface area contributed by atoms with E-state index in [1.807, 2.05) is 0 Å². The molecule has 0 aromatic heterocycles. The van der Waals surface area contributed by atoms with Crippen LogP contribution in [0.2, 0.25) is 0 Å². The number of benzene rings is 4. The van der Waals surface area contributed by atoms with E-state index in [1.54, 1.807) is 4.72 Å². The van der Waals surface area contributed by atoms with Crippen LogP contribution in [0.25, 0.3) is 27.4 Å². The fraction of sp³-hybridized carbons (Fsp3) is 0. The topological polar surface area (TPSA) is 349 Å². The van der Waals surface area contributed by atoms with E-state index < -0.39 is 137 Å². The van der Waals surface area contributed by atoms with Gasteiger partial charge < -0.3 is 19.7 Å². The number of aromatic nitrogens is 1. The molecule has 20 nitrogen and oxygen atoms in total. The van der Waals surface area contributed by atoms with Gasteiger partial charge >= 0.3 is 0 Å². The first kappa shape index (κ1) is 38.5. The largest absolute Gasteiger partial charge is 0.755 e. The van der Waals surface area contributed by atoms with Crippen LogP contribution >= 0.6 is 0 Å². The zero-order chi connectivity index (χ0) is 39.9. The van der Waals surface area contributed by atoms with E-state index in [1.165, 1.54) is 24.3 Å². The number of rotatable bonds is 9. The van der Waals surface area contributed by atoms with Gasteiger partial charge in [-0.1, -0.05) is 36.4 Å². The van der Waals surface area contributed by atoms with E-state index in [4.69, 9.17) is 0 Å². The molecule has 25 heteroatoms. The van der Waals surface area contributed by atoms with Crippen LogP contribution in [0.1, 0.15) is 5.56 Å². The van der Waals surface area contributed by atoms with Crippen LogP contribution < -0.4 is 26.2 Å². The first-order valence-corrected chi connectivity index (χ1v) is 21.0. The molecule has 7 N–H and O–H groups in total. The fourth-order valence-electron chi connectivity index (χ4n) is 5.79. The molecule has 2 aliphatic rings. The lowest BCUT2D eigenvalue weighted by Crippen LogP contribution is -2.33. The molecule has 1 aliphatic heterocycles. The predicted octanol–water partition coefficient (Wildman–Crippen LogP) is 0.641. The van der Waals surface area contributed by atoms with Crippen molar-refractivity contribution in [2.24, 2.45) is 0 Å². The molecule has 54 heavy (non-hydrogen) atoms. The second kappa shape index (κ2) is 13.0. The minimum absolute atomic E-state index is 0.123. The molecule has 4 aromatic carbocycles. The van der Waals surface area contributed by atoms with Crippen molar-refractivity contribution in [3.63, 3.8) is 0 Å². The zero-order valence-corrected chi connectivity index (χ0v) is 30.1. The molecular formula is C29H18N3O17S5-. The highest BCUT2D eigenvalue weighted by Gasteiger charge is 2.29. The summed E-state index contributed by atoms with van der Waals surface area (Å²) >= 11 is -3.33. The highest BCUT2D eigenvalue weighted by molar-refractivity contribution is 7.87. The molecule has 0 radical (unpaired) electrons. The molecule has 6 rings (SSSR count). The summed E-state index contributed by atoms with van der Waals surface area (Å²) in [6.07, 6.45) is 0. The summed E-state index contributed by atoms with van der Waals surface area (Å²) in [7, 11) is -21.3. The van der Waals surface area contributed by atoms with Gasteiger partial charge in [-0.25, -0.2) is 4.98 Å². The summed E-state index contributed by atoms with van der Waals surface area (Å²) in [5.74, 6) is -0.993. The Labute approximate surface area is 303 Å². The molecule has 0 amide bonds. The van der Waals surface area contributed by atoms with Crippen molar-refractivity contribution >= 4 is 96.2 Å². The number of fused-ring (bicyclic) bond motifs is 2. The first-order chi connectivity index (χ1) is 24.9. The number of nitrogens with zero attached hydrogens (tertiary/aromatic N) is 1. The Morgan fingerprint density at radius 3 is 1.83 bits per heavy atom. The number of nitrogens with one attached hydrogen (secondary N) is 2. The molecule has 0 saturated carbocycles. The number of hydrogen-bond donors (Lipinski definition) is 7. The third-order valence-electron chi connectivity index (χ3n) is 7.88. The van der Waals surface area contributed by atoms with Crippen LogP contribution in [-0.2, 0) is 51.7 Å². The van der Waals surface area contributed by atoms with Crippen molar-refractivity contribution in [1.82, 2.24) is 4.98 Å². The average Bonchev–Trinajstić information content (AvgIpc) is 3.04. The van der Waals surface area contributed by atoms with Crippen LogP contribution in [0.3, 0.4) is 0 Å². The number of hydrogen-bond acceptors (Lipinski definition) is 15. The van der Waals surface area contributed by atoms with Gasteiger partial charge in [0.2, 0.25) is 0 Å². The van der Waals surface area contributed by atoms with E-state index in [0.717, 1.165) is 24.3 Å².